The number of anilines is 1. The van der Waals surface area contributed by atoms with Gasteiger partial charge >= 0.3 is 6.36 Å². The number of halogens is 3. The van der Waals surface area contributed by atoms with E-state index in [1.54, 1.807) is 13.0 Å². The maximum Gasteiger partial charge on any atom is 0.573 e. The van der Waals surface area contributed by atoms with E-state index >= 15 is 0 Å². The number of nitrogens with one attached hydrogen (secondary N) is 1. The first-order valence-corrected chi connectivity index (χ1v) is 5.98. The largest absolute Gasteiger partial charge is 0.573 e. The molecule has 0 radical (unpaired) electrons. The third kappa shape index (κ3) is 2.39. The highest BCUT2D eigenvalue weighted by Gasteiger charge is 2.44. The molecular formula is C13H14F3NO2. The first-order valence-electron chi connectivity index (χ1n) is 5.98. The predicted octanol–water partition coefficient (Wildman–Crippen LogP) is 3.60. The highest BCUT2D eigenvalue weighted by atomic mass is 19.4. The number of ether oxygens (including phenoxy) is 1. The number of carbonyl (C=O) groups is 1. The number of hydrogen-bond donors (Lipinski definition) is 1. The summed E-state index contributed by atoms with van der Waals surface area (Å²) in [6.07, 6.45) is -3.45. The van der Waals surface area contributed by atoms with Gasteiger partial charge in [-0.15, -0.1) is 13.2 Å². The first kappa shape index (κ1) is 13.7. The van der Waals surface area contributed by atoms with Crippen LogP contribution in [-0.2, 0) is 10.2 Å². The van der Waals surface area contributed by atoms with Gasteiger partial charge in [0, 0.05) is 0 Å². The van der Waals surface area contributed by atoms with Gasteiger partial charge in [0.1, 0.15) is 0 Å². The minimum atomic E-state index is -4.77. The summed E-state index contributed by atoms with van der Waals surface area (Å²) in [5.74, 6) is -0.652. The van der Waals surface area contributed by atoms with Crippen LogP contribution in [0.2, 0.25) is 0 Å². The van der Waals surface area contributed by atoms with Gasteiger partial charge in [-0.25, -0.2) is 0 Å². The molecule has 2 rings (SSSR count). The Morgan fingerprint density at radius 3 is 2.63 bits per heavy atom. The van der Waals surface area contributed by atoms with Crippen LogP contribution in [0.4, 0.5) is 18.9 Å². The van der Waals surface area contributed by atoms with E-state index in [9.17, 15) is 18.0 Å². The number of hydrogen-bond acceptors (Lipinski definition) is 2. The number of benzene rings is 1. The van der Waals surface area contributed by atoms with Gasteiger partial charge < -0.3 is 10.1 Å². The van der Waals surface area contributed by atoms with Crippen LogP contribution in [0, 0.1) is 0 Å². The molecule has 1 aromatic rings. The van der Waals surface area contributed by atoms with E-state index in [1.807, 2.05) is 6.92 Å². The van der Waals surface area contributed by atoms with E-state index in [4.69, 9.17) is 0 Å². The van der Waals surface area contributed by atoms with E-state index in [1.165, 1.54) is 12.1 Å². The molecule has 1 aliphatic rings. The number of alkyl halides is 3. The molecule has 0 fully saturated rings. The molecule has 1 amide bonds. The lowest BCUT2D eigenvalue weighted by molar-refractivity contribution is -0.274. The SMILES string of the molecule is CCCC1(C)C(=O)Nc2c(OC(F)(F)F)cccc21. The average Bonchev–Trinajstić information content (AvgIpc) is 2.52. The van der Waals surface area contributed by atoms with Crippen LogP contribution in [0.1, 0.15) is 32.3 Å². The average molecular weight is 273 g/mol. The zero-order chi connectivity index (χ0) is 14.3. The molecule has 104 valence electrons. The second kappa shape index (κ2) is 4.43. The van der Waals surface area contributed by atoms with Gasteiger partial charge in [-0.2, -0.15) is 0 Å². The monoisotopic (exact) mass is 273 g/mol. The molecule has 0 spiro atoms. The van der Waals surface area contributed by atoms with Gasteiger partial charge in [0.15, 0.2) is 5.75 Å². The first-order chi connectivity index (χ1) is 8.78. The van der Waals surface area contributed by atoms with Crippen molar-refractivity contribution in [2.24, 2.45) is 0 Å². The maximum atomic E-state index is 12.3. The Morgan fingerprint density at radius 2 is 2.05 bits per heavy atom. The minimum absolute atomic E-state index is 0.126. The maximum absolute atomic E-state index is 12.3. The van der Waals surface area contributed by atoms with Crippen molar-refractivity contribution in [3.05, 3.63) is 23.8 Å². The minimum Gasteiger partial charge on any atom is -0.404 e. The standard InChI is InChI=1S/C13H14F3NO2/c1-3-7-12(2)8-5-4-6-9(19-13(14,15)16)10(8)17-11(12)18/h4-6H,3,7H2,1-2H3,(H,17,18). The van der Waals surface area contributed by atoms with Crippen molar-refractivity contribution in [2.45, 2.75) is 38.5 Å². The molecule has 0 aliphatic carbocycles. The molecule has 0 bridgehead atoms. The van der Waals surface area contributed by atoms with Crippen LogP contribution in [-0.4, -0.2) is 12.3 Å². The van der Waals surface area contributed by atoms with Crippen molar-refractivity contribution in [1.82, 2.24) is 0 Å². The fourth-order valence-electron chi connectivity index (χ4n) is 2.45. The van der Waals surface area contributed by atoms with Gasteiger partial charge in [-0.05, 0) is 25.0 Å². The Hall–Kier alpha value is -1.72. The smallest absolute Gasteiger partial charge is 0.404 e. The second-order valence-corrected chi connectivity index (χ2v) is 4.76. The third-order valence-corrected chi connectivity index (χ3v) is 3.34. The Balaban J connectivity index is 2.46. The van der Waals surface area contributed by atoms with Crippen molar-refractivity contribution in [3.63, 3.8) is 0 Å². The molecule has 0 saturated carbocycles. The summed E-state index contributed by atoms with van der Waals surface area (Å²) in [6.45, 7) is 3.65. The van der Waals surface area contributed by atoms with Crippen molar-refractivity contribution in [1.29, 1.82) is 0 Å². The summed E-state index contributed by atoms with van der Waals surface area (Å²) in [5, 5.41) is 2.50. The molecule has 3 nitrogen and oxygen atoms in total. The zero-order valence-electron chi connectivity index (χ0n) is 10.6. The van der Waals surface area contributed by atoms with E-state index in [0.717, 1.165) is 6.42 Å². The molecule has 1 aliphatic heterocycles. The van der Waals surface area contributed by atoms with Gasteiger partial charge in [-0.3, -0.25) is 4.79 Å². The molecule has 6 heteroatoms. The number of rotatable bonds is 3. The summed E-state index contributed by atoms with van der Waals surface area (Å²) in [4.78, 5) is 12.0. The quantitative estimate of drug-likeness (QED) is 0.913. The Labute approximate surface area is 108 Å². The lowest BCUT2D eigenvalue weighted by Crippen LogP contribution is -2.30. The fourth-order valence-corrected chi connectivity index (χ4v) is 2.45. The summed E-state index contributed by atoms with van der Waals surface area (Å²) in [6, 6.07) is 4.32. The van der Waals surface area contributed by atoms with Crippen LogP contribution in [0.25, 0.3) is 0 Å². The van der Waals surface area contributed by atoms with Crippen LogP contribution in [0.15, 0.2) is 18.2 Å². The number of para-hydroxylation sites is 1. The van der Waals surface area contributed by atoms with E-state index in [0.29, 0.717) is 12.0 Å². The zero-order valence-corrected chi connectivity index (χ0v) is 10.6. The van der Waals surface area contributed by atoms with Crippen molar-refractivity contribution in [2.75, 3.05) is 5.32 Å². The van der Waals surface area contributed by atoms with E-state index in [-0.39, 0.29) is 17.3 Å². The normalized spacial score (nSPS) is 22.1. The Kier molecular flexibility index (Phi) is 3.20. The molecule has 1 unspecified atom stereocenters. The van der Waals surface area contributed by atoms with Crippen molar-refractivity contribution >= 4 is 11.6 Å². The molecule has 1 heterocycles. The van der Waals surface area contributed by atoms with E-state index in [2.05, 4.69) is 10.1 Å². The third-order valence-electron chi connectivity index (χ3n) is 3.34. The van der Waals surface area contributed by atoms with E-state index < -0.39 is 11.8 Å². The Bertz CT molecular complexity index is 513. The summed E-state index contributed by atoms with van der Waals surface area (Å²) < 4.78 is 40.9. The number of amides is 1. The number of carbonyl (C=O) groups excluding carboxylic acids is 1. The van der Waals surface area contributed by atoms with Gasteiger partial charge in [0.25, 0.3) is 0 Å². The van der Waals surface area contributed by atoms with Gasteiger partial charge in [-0.1, -0.05) is 25.5 Å². The second-order valence-electron chi connectivity index (χ2n) is 4.76. The van der Waals surface area contributed by atoms with Crippen molar-refractivity contribution in [3.8, 4) is 5.75 Å². The molecule has 19 heavy (non-hydrogen) atoms. The molecular weight excluding hydrogens is 259 g/mol. The highest BCUT2D eigenvalue weighted by molar-refractivity contribution is 6.07. The molecule has 1 atom stereocenters. The molecule has 1 aromatic carbocycles. The Morgan fingerprint density at radius 1 is 1.37 bits per heavy atom. The van der Waals surface area contributed by atoms with Crippen LogP contribution in [0.5, 0.6) is 5.75 Å². The number of fused-ring (bicyclic) bond motifs is 1. The molecule has 0 saturated heterocycles. The van der Waals surface area contributed by atoms with Crippen LogP contribution >= 0.6 is 0 Å². The van der Waals surface area contributed by atoms with Gasteiger partial charge in [0.05, 0.1) is 11.1 Å². The van der Waals surface area contributed by atoms with Crippen LogP contribution < -0.4 is 10.1 Å². The van der Waals surface area contributed by atoms with Crippen molar-refractivity contribution < 1.29 is 22.7 Å². The summed E-state index contributed by atoms with van der Waals surface area (Å²) in [5.41, 5.74) is -0.114. The topological polar surface area (TPSA) is 38.3 Å². The van der Waals surface area contributed by atoms with Gasteiger partial charge in [0.2, 0.25) is 5.91 Å². The summed E-state index contributed by atoms with van der Waals surface area (Å²) >= 11 is 0. The summed E-state index contributed by atoms with van der Waals surface area (Å²) in [7, 11) is 0. The highest BCUT2D eigenvalue weighted by Crippen LogP contribution is 2.46. The lowest BCUT2D eigenvalue weighted by atomic mass is 9.80. The lowest BCUT2D eigenvalue weighted by Gasteiger charge is -2.21. The predicted molar refractivity (Wildman–Crippen MR) is 64.0 cm³/mol. The molecule has 1 N–H and O–H groups in total. The van der Waals surface area contributed by atoms with Crippen LogP contribution in [0.3, 0.4) is 0 Å². The fraction of sp³-hybridized carbons (Fsp3) is 0.462. The molecule has 0 aromatic heterocycles.